The predicted molar refractivity (Wildman–Crippen MR) is 62.8 cm³/mol. The molecule has 0 aliphatic rings. The van der Waals surface area contributed by atoms with E-state index >= 15 is 0 Å². The zero-order valence-corrected chi connectivity index (χ0v) is 11.1. The van der Waals surface area contributed by atoms with Crippen molar-refractivity contribution in [2.75, 3.05) is 6.61 Å². The summed E-state index contributed by atoms with van der Waals surface area (Å²) >= 11 is 0. The van der Waals surface area contributed by atoms with Crippen LogP contribution in [0.5, 0.6) is 0 Å². The molecule has 0 saturated heterocycles. The van der Waals surface area contributed by atoms with Crippen molar-refractivity contribution in [2.24, 2.45) is 17.6 Å². The predicted octanol–water partition coefficient (Wildman–Crippen LogP) is 2.88. The zero-order valence-electron chi connectivity index (χ0n) is 11.1. The van der Waals surface area contributed by atoms with Crippen LogP contribution in [0, 0.1) is 11.8 Å². The first-order valence-corrected chi connectivity index (χ1v) is 6.22. The van der Waals surface area contributed by atoms with E-state index in [4.69, 9.17) is 10.5 Å². The quantitative estimate of drug-likeness (QED) is 0.723. The van der Waals surface area contributed by atoms with Crippen molar-refractivity contribution in [3.8, 4) is 0 Å². The Morgan fingerprint density at radius 3 is 2.28 bits per heavy atom. The molecule has 6 heteroatoms. The highest BCUT2D eigenvalue weighted by atomic mass is 19.4. The maximum Gasteiger partial charge on any atom is 0.404 e. The average molecular weight is 269 g/mol. The minimum Gasteiger partial charge on any atom is -0.465 e. The summed E-state index contributed by atoms with van der Waals surface area (Å²) in [6.45, 7) is 5.56. The number of hydrogen-bond donors (Lipinski definition) is 1. The standard InChI is InChI=1S/C12H22F3NO2/c1-4-6-18-11(17)9(7-8(3)5-2)10(16)12(13,14)15/h8-10H,4-7,16H2,1-3H3/t8?,9-,10-/m0/s1. The molecule has 0 spiro atoms. The van der Waals surface area contributed by atoms with Gasteiger partial charge in [-0.25, -0.2) is 0 Å². The van der Waals surface area contributed by atoms with Crippen LogP contribution in [0.25, 0.3) is 0 Å². The molecule has 0 bridgehead atoms. The van der Waals surface area contributed by atoms with Crippen LogP contribution in [0.4, 0.5) is 13.2 Å². The van der Waals surface area contributed by atoms with E-state index in [1.54, 1.807) is 13.8 Å². The summed E-state index contributed by atoms with van der Waals surface area (Å²) in [6, 6.07) is -2.16. The van der Waals surface area contributed by atoms with E-state index in [2.05, 4.69) is 0 Å². The van der Waals surface area contributed by atoms with E-state index in [0.717, 1.165) is 0 Å². The lowest BCUT2D eigenvalue weighted by Crippen LogP contribution is -2.48. The fraction of sp³-hybridized carbons (Fsp3) is 0.917. The maximum absolute atomic E-state index is 12.6. The number of carbonyl (C=O) groups excluding carboxylic acids is 1. The van der Waals surface area contributed by atoms with Gasteiger partial charge < -0.3 is 10.5 Å². The Balaban J connectivity index is 4.76. The highest BCUT2D eigenvalue weighted by Gasteiger charge is 2.45. The Bertz CT molecular complexity index is 256. The van der Waals surface area contributed by atoms with Crippen molar-refractivity contribution in [2.45, 2.75) is 52.3 Å². The summed E-state index contributed by atoms with van der Waals surface area (Å²) in [7, 11) is 0. The smallest absolute Gasteiger partial charge is 0.404 e. The molecule has 18 heavy (non-hydrogen) atoms. The number of alkyl halides is 3. The molecule has 0 saturated carbocycles. The lowest BCUT2D eigenvalue weighted by molar-refractivity contribution is -0.177. The molecule has 0 aliphatic carbocycles. The molecule has 0 aromatic rings. The molecular weight excluding hydrogens is 247 g/mol. The average Bonchev–Trinajstić information content (AvgIpc) is 2.30. The molecule has 0 heterocycles. The molecule has 3 nitrogen and oxygen atoms in total. The third-order valence-corrected chi connectivity index (χ3v) is 2.92. The van der Waals surface area contributed by atoms with E-state index in [-0.39, 0.29) is 18.9 Å². The Hall–Kier alpha value is -0.780. The lowest BCUT2D eigenvalue weighted by Gasteiger charge is -2.26. The van der Waals surface area contributed by atoms with Gasteiger partial charge in [-0.05, 0) is 18.8 Å². The van der Waals surface area contributed by atoms with Gasteiger partial charge in [-0.3, -0.25) is 4.79 Å². The molecule has 0 aromatic heterocycles. The maximum atomic E-state index is 12.6. The zero-order chi connectivity index (χ0) is 14.3. The van der Waals surface area contributed by atoms with Gasteiger partial charge in [0.1, 0.15) is 6.04 Å². The van der Waals surface area contributed by atoms with Crippen LogP contribution in [-0.4, -0.2) is 24.8 Å². The van der Waals surface area contributed by atoms with Crippen LogP contribution < -0.4 is 5.73 Å². The monoisotopic (exact) mass is 269 g/mol. The van der Waals surface area contributed by atoms with Crippen molar-refractivity contribution in [3.63, 3.8) is 0 Å². The van der Waals surface area contributed by atoms with Crippen molar-refractivity contribution < 1.29 is 22.7 Å². The molecule has 108 valence electrons. The van der Waals surface area contributed by atoms with Gasteiger partial charge in [0.2, 0.25) is 0 Å². The number of ether oxygens (including phenoxy) is 1. The number of carbonyl (C=O) groups is 1. The van der Waals surface area contributed by atoms with Crippen LogP contribution in [0.1, 0.15) is 40.0 Å². The van der Waals surface area contributed by atoms with Crippen molar-refractivity contribution in [1.29, 1.82) is 0 Å². The van der Waals surface area contributed by atoms with Gasteiger partial charge in [0.25, 0.3) is 0 Å². The number of halogens is 3. The molecular formula is C12H22F3NO2. The first-order valence-electron chi connectivity index (χ1n) is 6.22. The third-order valence-electron chi connectivity index (χ3n) is 2.92. The summed E-state index contributed by atoms with van der Waals surface area (Å²) in [6.07, 6.45) is -3.21. The lowest BCUT2D eigenvalue weighted by atomic mass is 9.88. The molecule has 0 aromatic carbocycles. The van der Waals surface area contributed by atoms with Gasteiger partial charge >= 0.3 is 12.1 Å². The van der Waals surface area contributed by atoms with Gasteiger partial charge in [0, 0.05) is 0 Å². The first-order chi connectivity index (χ1) is 8.23. The SMILES string of the molecule is CCCOC(=O)[C@@H](CC(C)CC)[C@H](N)C(F)(F)F. The first kappa shape index (κ1) is 17.2. The van der Waals surface area contributed by atoms with Crippen molar-refractivity contribution in [1.82, 2.24) is 0 Å². The van der Waals surface area contributed by atoms with Gasteiger partial charge in [0.05, 0.1) is 12.5 Å². The summed E-state index contributed by atoms with van der Waals surface area (Å²) < 4.78 is 42.6. The Morgan fingerprint density at radius 2 is 1.89 bits per heavy atom. The molecule has 0 fully saturated rings. The minimum atomic E-state index is -4.58. The fourth-order valence-electron chi connectivity index (χ4n) is 1.53. The van der Waals surface area contributed by atoms with Crippen molar-refractivity contribution >= 4 is 5.97 Å². The Morgan fingerprint density at radius 1 is 1.33 bits per heavy atom. The van der Waals surface area contributed by atoms with E-state index in [9.17, 15) is 18.0 Å². The summed E-state index contributed by atoms with van der Waals surface area (Å²) in [5, 5.41) is 0. The van der Waals surface area contributed by atoms with Crippen LogP contribution in [0.3, 0.4) is 0 Å². The van der Waals surface area contributed by atoms with Crippen LogP contribution >= 0.6 is 0 Å². The fourth-order valence-corrected chi connectivity index (χ4v) is 1.53. The van der Waals surface area contributed by atoms with Gasteiger partial charge in [0.15, 0.2) is 0 Å². The minimum absolute atomic E-state index is 0.00224. The Kier molecular flexibility index (Phi) is 7.28. The topological polar surface area (TPSA) is 52.3 Å². The van der Waals surface area contributed by atoms with Crippen LogP contribution in [-0.2, 0) is 9.53 Å². The van der Waals surface area contributed by atoms with E-state index in [1.807, 2.05) is 6.92 Å². The molecule has 3 atom stereocenters. The van der Waals surface area contributed by atoms with Gasteiger partial charge in [-0.1, -0.05) is 27.2 Å². The normalized spacial score (nSPS) is 17.1. The molecule has 0 aliphatic heterocycles. The van der Waals surface area contributed by atoms with Gasteiger partial charge in [-0.15, -0.1) is 0 Å². The van der Waals surface area contributed by atoms with E-state index < -0.39 is 24.1 Å². The van der Waals surface area contributed by atoms with E-state index in [1.165, 1.54) is 0 Å². The second-order valence-electron chi connectivity index (χ2n) is 4.59. The third kappa shape index (κ3) is 5.71. The number of esters is 1. The molecule has 0 amide bonds. The highest BCUT2D eigenvalue weighted by Crippen LogP contribution is 2.29. The summed E-state index contributed by atoms with van der Waals surface area (Å²) in [4.78, 5) is 11.6. The van der Waals surface area contributed by atoms with Crippen LogP contribution in [0.15, 0.2) is 0 Å². The second kappa shape index (κ2) is 7.61. The molecule has 1 unspecified atom stereocenters. The Labute approximate surface area is 106 Å². The summed E-state index contributed by atoms with van der Waals surface area (Å²) in [5.41, 5.74) is 5.14. The number of rotatable bonds is 7. The molecule has 2 N–H and O–H groups in total. The van der Waals surface area contributed by atoms with Gasteiger partial charge in [-0.2, -0.15) is 13.2 Å². The summed E-state index contributed by atoms with van der Waals surface area (Å²) in [5.74, 6) is -2.16. The molecule has 0 rings (SSSR count). The highest BCUT2D eigenvalue weighted by molar-refractivity contribution is 5.73. The van der Waals surface area contributed by atoms with Crippen LogP contribution in [0.2, 0.25) is 0 Å². The van der Waals surface area contributed by atoms with Crippen molar-refractivity contribution in [3.05, 3.63) is 0 Å². The van der Waals surface area contributed by atoms with E-state index in [0.29, 0.717) is 12.8 Å². The second-order valence-corrected chi connectivity index (χ2v) is 4.59. The molecule has 0 radical (unpaired) electrons. The largest absolute Gasteiger partial charge is 0.465 e. The number of hydrogen-bond acceptors (Lipinski definition) is 3. The number of nitrogens with two attached hydrogens (primary N) is 1.